The molecule has 1 aromatic rings. The number of methoxy groups -OCH3 is 2. The van der Waals surface area contributed by atoms with E-state index in [-0.39, 0.29) is 37.4 Å². The summed E-state index contributed by atoms with van der Waals surface area (Å²) in [5, 5.41) is 1.51. The molecule has 1 aliphatic rings. The SMILES string of the molecule is COC(=O)CCc1cn(N2C(=O)CCC2CC(=O)OC)cc1COC(C)=O. The monoisotopic (exact) mass is 380 g/mol. The highest BCUT2D eigenvalue weighted by molar-refractivity contribution is 5.90. The average Bonchev–Trinajstić information content (AvgIpc) is 3.20. The van der Waals surface area contributed by atoms with Gasteiger partial charge in [-0.15, -0.1) is 0 Å². The van der Waals surface area contributed by atoms with Gasteiger partial charge in [0.25, 0.3) is 0 Å². The van der Waals surface area contributed by atoms with E-state index in [2.05, 4.69) is 4.74 Å². The Hall–Kier alpha value is -2.84. The maximum absolute atomic E-state index is 12.3. The first kappa shape index (κ1) is 20.5. The first-order valence-corrected chi connectivity index (χ1v) is 8.64. The minimum absolute atomic E-state index is 0.0303. The lowest BCUT2D eigenvalue weighted by Gasteiger charge is -2.25. The van der Waals surface area contributed by atoms with Crippen molar-refractivity contribution < 1.29 is 33.4 Å². The Balaban J connectivity index is 2.25. The van der Waals surface area contributed by atoms with Gasteiger partial charge in [0, 0.05) is 37.7 Å². The molecule has 0 N–H and O–H groups in total. The fraction of sp³-hybridized carbons (Fsp3) is 0.556. The highest BCUT2D eigenvalue weighted by atomic mass is 16.5. The Kier molecular flexibility index (Phi) is 6.98. The maximum atomic E-state index is 12.3. The van der Waals surface area contributed by atoms with E-state index in [9.17, 15) is 19.2 Å². The van der Waals surface area contributed by atoms with Crippen molar-refractivity contribution in [2.45, 2.75) is 51.7 Å². The molecule has 2 heterocycles. The maximum Gasteiger partial charge on any atom is 0.307 e. The van der Waals surface area contributed by atoms with Gasteiger partial charge in [-0.3, -0.25) is 23.9 Å². The molecular weight excluding hydrogens is 356 g/mol. The van der Waals surface area contributed by atoms with Gasteiger partial charge in [0.1, 0.15) is 6.61 Å². The predicted molar refractivity (Wildman–Crippen MR) is 93.1 cm³/mol. The second-order valence-electron chi connectivity index (χ2n) is 6.26. The van der Waals surface area contributed by atoms with Crippen molar-refractivity contribution in [3.8, 4) is 0 Å². The van der Waals surface area contributed by atoms with Gasteiger partial charge in [-0.25, -0.2) is 5.01 Å². The van der Waals surface area contributed by atoms with E-state index < -0.39 is 11.9 Å². The third-order valence-electron chi connectivity index (χ3n) is 4.42. The topological polar surface area (TPSA) is 104 Å². The van der Waals surface area contributed by atoms with Crippen molar-refractivity contribution in [3.63, 3.8) is 0 Å². The molecule has 1 amide bonds. The molecular formula is C18H24N2O7. The second-order valence-corrected chi connectivity index (χ2v) is 6.26. The summed E-state index contributed by atoms with van der Waals surface area (Å²) in [6, 6.07) is -0.313. The number of aromatic nitrogens is 1. The lowest BCUT2D eigenvalue weighted by Crippen LogP contribution is -2.42. The van der Waals surface area contributed by atoms with Crippen LogP contribution in [0.3, 0.4) is 0 Å². The average molecular weight is 380 g/mol. The fourth-order valence-electron chi connectivity index (χ4n) is 3.03. The molecule has 1 fully saturated rings. The largest absolute Gasteiger partial charge is 0.469 e. The molecule has 0 saturated carbocycles. The Morgan fingerprint density at radius 2 is 1.78 bits per heavy atom. The predicted octanol–water partition coefficient (Wildman–Crippen LogP) is 0.847. The van der Waals surface area contributed by atoms with Crippen LogP contribution in [0.5, 0.6) is 0 Å². The van der Waals surface area contributed by atoms with Gasteiger partial charge in [-0.05, 0) is 18.4 Å². The van der Waals surface area contributed by atoms with E-state index in [1.807, 2.05) is 0 Å². The smallest absolute Gasteiger partial charge is 0.307 e. The summed E-state index contributed by atoms with van der Waals surface area (Å²) in [6.07, 6.45) is 4.90. The number of aryl methyl sites for hydroxylation is 1. The van der Waals surface area contributed by atoms with Gasteiger partial charge in [0.2, 0.25) is 5.91 Å². The minimum atomic E-state index is -0.428. The van der Waals surface area contributed by atoms with Gasteiger partial charge < -0.3 is 14.2 Å². The summed E-state index contributed by atoms with van der Waals surface area (Å²) in [6.45, 7) is 1.34. The van der Waals surface area contributed by atoms with Crippen LogP contribution in [0.4, 0.5) is 0 Å². The molecule has 1 unspecified atom stereocenters. The van der Waals surface area contributed by atoms with Gasteiger partial charge in [0.05, 0.1) is 26.7 Å². The van der Waals surface area contributed by atoms with Crippen LogP contribution in [-0.2, 0) is 46.4 Å². The Morgan fingerprint density at radius 1 is 1.11 bits per heavy atom. The first-order valence-electron chi connectivity index (χ1n) is 8.64. The van der Waals surface area contributed by atoms with Gasteiger partial charge in [-0.1, -0.05) is 0 Å². The summed E-state index contributed by atoms with van der Waals surface area (Å²) in [7, 11) is 2.62. The summed E-state index contributed by atoms with van der Waals surface area (Å²) in [5.74, 6) is -1.29. The summed E-state index contributed by atoms with van der Waals surface area (Å²) >= 11 is 0. The first-order chi connectivity index (χ1) is 12.8. The van der Waals surface area contributed by atoms with Gasteiger partial charge in [0.15, 0.2) is 0 Å². The van der Waals surface area contributed by atoms with Crippen LogP contribution >= 0.6 is 0 Å². The van der Waals surface area contributed by atoms with E-state index in [0.29, 0.717) is 24.8 Å². The zero-order valence-corrected chi connectivity index (χ0v) is 15.7. The molecule has 0 aromatic carbocycles. The van der Waals surface area contributed by atoms with E-state index in [4.69, 9.17) is 9.47 Å². The number of ether oxygens (including phenoxy) is 3. The van der Waals surface area contributed by atoms with Gasteiger partial charge in [-0.2, -0.15) is 0 Å². The van der Waals surface area contributed by atoms with Crippen LogP contribution in [0.2, 0.25) is 0 Å². The number of rotatable bonds is 8. The molecule has 1 saturated heterocycles. The molecule has 0 bridgehead atoms. The highest BCUT2D eigenvalue weighted by Crippen LogP contribution is 2.24. The van der Waals surface area contributed by atoms with Crippen LogP contribution in [0, 0.1) is 0 Å². The normalized spacial score (nSPS) is 16.3. The van der Waals surface area contributed by atoms with Gasteiger partial charge >= 0.3 is 17.9 Å². The standard InChI is InChI=1S/C18H24N2O7/c1-12(21)27-11-14-10-19(9-13(14)4-7-17(23)25-2)20-15(5-6-16(20)22)8-18(24)26-3/h9-10,15H,4-8,11H2,1-3H3. The molecule has 9 nitrogen and oxygen atoms in total. The van der Waals surface area contributed by atoms with Crippen molar-refractivity contribution in [2.24, 2.45) is 0 Å². The number of carbonyl (C=O) groups excluding carboxylic acids is 4. The third-order valence-corrected chi connectivity index (χ3v) is 4.42. The van der Waals surface area contributed by atoms with Crippen LogP contribution in [0.1, 0.15) is 43.7 Å². The zero-order valence-electron chi connectivity index (χ0n) is 15.7. The summed E-state index contributed by atoms with van der Waals surface area (Å²) in [5.41, 5.74) is 1.45. The lowest BCUT2D eigenvalue weighted by atomic mass is 10.1. The Bertz CT molecular complexity index is 725. The number of amides is 1. The van der Waals surface area contributed by atoms with E-state index >= 15 is 0 Å². The van der Waals surface area contributed by atoms with Crippen LogP contribution < -0.4 is 5.01 Å². The summed E-state index contributed by atoms with van der Waals surface area (Å²) < 4.78 is 16.0. The van der Waals surface area contributed by atoms with Crippen molar-refractivity contribution in [1.29, 1.82) is 0 Å². The molecule has 0 radical (unpaired) electrons. The van der Waals surface area contributed by atoms with Crippen molar-refractivity contribution >= 4 is 23.8 Å². The molecule has 1 atom stereocenters. The molecule has 1 aromatic heterocycles. The zero-order chi connectivity index (χ0) is 20.0. The number of hydrogen-bond donors (Lipinski definition) is 0. The van der Waals surface area contributed by atoms with Crippen LogP contribution in [-0.4, -0.2) is 48.8 Å². The lowest BCUT2D eigenvalue weighted by molar-refractivity contribution is -0.143. The van der Waals surface area contributed by atoms with E-state index in [1.54, 1.807) is 17.1 Å². The van der Waals surface area contributed by atoms with Crippen molar-refractivity contribution in [3.05, 3.63) is 23.5 Å². The molecule has 0 spiro atoms. The van der Waals surface area contributed by atoms with Crippen molar-refractivity contribution in [1.82, 2.24) is 4.68 Å². The van der Waals surface area contributed by atoms with Crippen LogP contribution in [0.15, 0.2) is 12.4 Å². The van der Waals surface area contributed by atoms with Crippen LogP contribution in [0.25, 0.3) is 0 Å². The Morgan fingerprint density at radius 3 is 2.41 bits per heavy atom. The van der Waals surface area contributed by atoms with E-state index in [0.717, 1.165) is 5.56 Å². The third kappa shape index (κ3) is 5.32. The van der Waals surface area contributed by atoms with E-state index in [1.165, 1.54) is 26.2 Å². The molecule has 0 aliphatic carbocycles. The number of carbonyl (C=O) groups is 4. The van der Waals surface area contributed by atoms with Crippen molar-refractivity contribution in [2.75, 3.05) is 19.2 Å². The number of hydrogen-bond acceptors (Lipinski definition) is 7. The molecule has 2 rings (SSSR count). The molecule has 148 valence electrons. The molecule has 1 aliphatic heterocycles. The fourth-order valence-corrected chi connectivity index (χ4v) is 3.03. The number of nitrogens with zero attached hydrogens (tertiary/aromatic N) is 2. The molecule has 27 heavy (non-hydrogen) atoms. The number of esters is 3. The highest BCUT2D eigenvalue weighted by Gasteiger charge is 2.34. The second kappa shape index (κ2) is 9.20. The Labute approximate surface area is 157 Å². The molecule has 9 heteroatoms. The summed E-state index contributed by atoms with van der Waals surface area (Å²) in [4.78, 5) is 46.6. The minimum Gasteiger partial charge on any atom is -0.469 e. The quantitative estimate of drug-likeness (QED) is 0.486.